The molecule has 5 aliphatic rings. The van der Waals surface area contributed by atoms with Crippen LogP contribution >= 0.6 is 0 Å². The molecule has 4 unspecified atom stereocenters. The van der Waals surface area contributed by atoms with E-state index in [1.807, 2.05) is 6.07 Å². The van der Waals surface area contributed by atoms with Gasteiger partial charge in [0.25, 0.3) is 0 Å². The minimum Gasteiger partial charge on any atom is -0.465 e. The second-order valence-electron chi connectivity index (χ2n) is 12.5. The highest BCUT2D eigenvalue weighted by molar-refractivity contribution is 6.15. The maximum atomic E-state index is 6.42. The topological polar surface area (TPSA) is 34.0 Å². The van der Waals surface area contributed by atoms with Crippen molar-refractivity contribution in [2.24, 2.45) is 27.7 Å². The zero-order valence-electron chi connectivity index (χ0n) is 23.8. The van der Waals surface area contributed by atoms with Crippen LogP contribution in [0.5, 0.6) is 0 Å². The van der Waals surface area contributed by atoms with Gasteiger partial charge in [-0.1, -0.05) is 112 Å². The van der Waals surface area contributed by atoms with Crippen LogP contribution in [0, 0.1) is 17.8 Å². The molecule has 8 rings (SSSR count). The molecule has 4 atom stereocenters. The smallest absolute Gasteiger partial charge is 0.155 e. The van der Waals surface area contributed by atoms with Gasteiger partial charge in [0.2, 0.25) is 0 Å². The third-order valence-electron chi connectivity index (χ3n) is 9.80. The lowest BCUT2D eigenvalue weighted by Crippen LogP contribution is -2.32. The Morgan fingerprint density at radius 3 is 2.41 bits per heavy atom. The van der Waals surface area contributed by atoms with E-state index in [1.54, 1.807) is 0 Å². The first-order valence-electron chi connectivity index (χ1n) is 14.9. The van der Waals surface area contributed by atoms with Crippen LogP contribution in [-0.4, -0.2) is 11.5 Å². The van der Waals surface area contributed by atoms with E-state index in [2.05, 4.69) is 118 Å². The van der Waals surface area contributed by atoms with Crippen LogP contribution in [-0.2, 0) is 10.2 Å². The van der Waals surface area contributed by atoms with Crippen LogP contribution in [0.2, 0.25) is 0 Å². The van der Waals surface area contributed by atoms with Crippen LogP contribution in [0.4, 0.5) is 0 Å². The van der Waals surface area contributed by atoms with Crippen molar-refractivity contribution < 1.29 is 4.74 Å². The summed E-state index contributed by atoms with van der Waals surface area (Å²) >= 11 is 0. The van der Waals surface area contributed by atoms with Crippen molar-refractivity contribution in [3.63, 3.8) is 0 Å². The summed E-state index contributed by atoms with van der Waals surface area (Å²) in [5.74, 6) is 3.90. The summed E-state index contributed by atoms with van der Waals surface area (Å²) in [4.78, 5) is 10.5. The van der Waals surface area contributed by atoms with Crippen molar-refractivity contribution in [2.75, 3.05) is 0 Å². The van der Waals surface area contributed by atoms with E-state index in [9.17, 15) is 0 Å². The lowest BCUT2D eigenvalue weighted by Gasteiger charge is -2.35. The molecule has 2 heterocycles. The van der Waals surface area contributed by atoms with Gasteiger partial charge in [-0.15, -0.1) is 0 Å². The van der Waals surface area contributed by atoms with Crippen molar-refractivity contribution in [1.29, 1.82) is 0 Å². The summed E-state index contributed by atoms with van der Waals surface area (Å²) in [5, 5.41) is 0. The number of amidine groups is 1. The molecule has 0 fully saturated rings. The fourth-order valence-electron chi connectivity index (χ4n) is 7.79. The van der Waals surface area contributed by atoms with E-state index >= 15 is 0 Å². The Kier molecular flexibility index (Phi) is 5.47. The summed E-state index contributed by atoms with van der Waals surface area (Å²) in [6.45, 7) is 7.11. The Morgan fingerprint density at radius 1 is 0.878 bits per heavy atom. The van der Waals surface area contributed by atoms with Crippen LogP contribution in [0.15, 0.2) is 130 Å². The number of benzene rings is 3. The van der Waals surface area contributed by atoms with Crippen molar-refractivity contribution in [2.45, 2.75) is 45.1 Å². The predicted octanol–water partition coefficient (Wildman–Crippen LogP) is 8.75. The Balaban J connectivity index is 1.23. The van der Waals surface area contributed by atoms with Crippen LogP contribution in [0.25, 0.3) is 5.57 Å². The average molecular weight is 535 g/mol. The highest BCUT2D eigenvalue weighted by Gasteiger charge is 2.52. The first-order chi connectivity index (χ1) is 20.0. The zero-order chi connectivity index (χ0) is 27.7. The molecule has 3 aliphatic carbocycles. The summed E-state index contributed by atoms with van der Waals surface area (Å²) in [5.41, 5.74) is 10.2. The Morgan fingerprint density at radius 2 is 1.63 bits per heavy atom. The molecule has 0 radical (unpaired) electrons. The molecule has 3 heteroatoms. The van der Waals surface area contributed by atoms with Gasteiger partial charge < -0.3 is 4.74 Å². The van der Waals surface area contributed by atoms with E-state index in [0.29, 0.717) is 11.8 Å². The van der Waals surface area contributed by atoms with E-state index in [0.717, 1.165) is 41.3 Å². The monoisotopic (exact) mass is 534 g/mol. The van der Waals surface area contributed by atoms with E-state index in [1.165, 1.54) is 33.6 Å². The minimum atomic E-state index is -0.0222. The Labute approximate surface area is 242 Å². The summed E-state index contributed by atoms with van der Waals surface area (Å²) in [7, 11) is 0. The molecule has 3 nitrogen and oxygen atoms in total. The molecule has 2 aliphatic heterocycles. The lowest BCUT2D eigenvalue weighted by atomic mass is 9.66. The van der Waals surface area contributed by atoms with Gasteiger partial charge in [0.1, 0.15) is 11.5 Å². The van der Waals surface area contributed by atoms with Crippen molar-refractivity contribution >= 4 is 17.1 Å². The largest absolute Gasteiger partial charge is 0.465 e. The number of rotatable bonds is 3. The maximum absolute atomic E-state index is 6.42. The molecule has 202 valence electrons. The molecule has 41 heavy (non-hydrogen) atoms. The third-order valence-corrected chi connectivity index (χ3v) is 9.80. The van der Waals surface area contributed by atoms with Gasteiger partial charge in [0.15, 0.2) is 5.84 Å². The fourth-order valence-corrected chi connectivity index (χ4v) is 7.79. The van der Waals surface area contributed by atoms with E-state index < -0.39 is 0 Å². The van der Waals surface area contributed by atoms with Gasteiger partial charge in [-0.3, -0.25) is 4.99 Å². The van der Waals surface area contributed by atoms with Crippen molar-refractivity contribution in [1.82, 2.24) is 0 Å². The quantitative estimate of drug-likeness (QED) is 0.331. The molecule has 0 N–H and O–H groups in total. The third kappa shape index (κ3) is 3.71. The summed E-state index contributed by atoms with van der Waals surface area (Å²) in [6, 6.07) is 28.1. The molecular weight excluding hydrogens is 500 g/mol. The first kappa shape index (κ1) is 24.5. The van der Waals surface area contributed by atoms with Crippen molar-refractivity contribution in [3.8, 4) is 0 Å². The summed E-state index contributed by atoms with van der Waals surface area (Å²) in [6.07, 6.45) is 11.3. The number of ether oxygens (including phenoxy) is 1. The zero-order valence-corrected chi connectivity index (χ0v) is 23.8. The van der Waals surface area contributed by atoms with Gasteiger partial charge >= 0.3 is 0 Å². The van der Waals surface area contributed by atoms with E-state index in [4.69, 9.17) is 14.7 Å². The Bertz CT molecular complexity index is 1750. The fraction of sp³-hybridized carbons (Fsp3) is 0.263. The first-order valence-corrected chi connectivity index (χ1v) is 14.9. The number of nitrogens with zero attached hydrogens (tertiary/aromatic N) is 2. The van der Waals surface area contributed by atoms with Gasteiger partial charge in [-0.2, -0.15) is 0 Å². The molecule has 0 bridgehead atoms. The minimum absolute atomic E-state index is 0.00568. The van der Waals surface area contributed by atoms with Gasteiger partial charge in [-0.25, -0.2) is 4.99 Å². The highest BCUT2D eigenvalue weighted by Crippen LogP contribution is 2.60. The Hall–Kier alpha value is -4.24. The van der Waals surface area contributed by atoms with Gasteiger partial charge in [-0.05, 0) is 51.8 Å². The predicted molar refractivity (Wildman–Crippen MR) is 167 cm³/mol. The maximum Gasteiger partial charge on any atom is 0.155 e. The van der Waals surface area contributed by atoms with E-state index in [-0.39, 0.29) is 17.4 Å². The number of hydrogen-bond acceptors (Lipinski definition) is 3. The molecule has 0 aromatic heterocycles. The second-order valence-corrected chi connectivity index (χ2v) is 12.5. The van der Waals surface area contributed by atoms with Crippen LogP contribution < -0.4 is 0 Å². The normalized spacial score (nSPS) is 27.0. The molecule has 0 saturated carbocycles. The molecule has 0 spiro atoms. The number of hydrogen-bond donors (Lipinski definition) is 0. The SMILES string of the molecule is CC1C(c2ccccc2)=NC(c2ccccc2)=NC1c1ccc2c(c1)C1=CC=C3OC4=C(C=CCC4)C3C1C2(C)C. The molecule has 3 aromatic carbocycles. The number of allylic oxidation sites excluding steroid dienone is 7. The molecule has 3 aromatic rings. The van der Waals surface area contributed by atoms with Crippen molar-refractivity contribution in [3.05, 3.63) is 148 Å². The lowest BCUT2D eigenvalue weighted by molar-refractivity contribution is 0.256. The summed E-state index contributed by atoms with van der Waals surface area (Å²) < 4.78 is 6.42. The molecule has 0 amide bonds. The standard InChI is InChI=1S/C38H34N2O/c1-23-35(24-12-6-4-7-13-24)39-37(25-14-8-5-9-15-25)40-36(23)26-18-20-30-29(22-26)27-19-21-32-33(34(27)38(30,2)3)28-16-10-11-17-31(28)41-32/h4-10,12-16,18-23,33-34,36H,11,17H2,1-3H3. The van der Waals surface area contributed by atoms with Crippen LogP contribution in [0.3, 0.4) is 0 Å². The van der Waals surface area contributed by atoms with Crippen LogP contribution in [0.1, 0.15) is 67.5 Å². The molecular formula is C38H34N2O. The molecule has 0 saturated heterocycles. The van der Waals surface area contributed by atoms with Gasteiger partial charge in [0, 0.05) is 29.4 Å². The number of fused-ring (bicyclic) bond motifs is 6. The van der Waals surface area contributed by atoms with Gasteiger partial charge in [0.05, 0.1) is 17.7 Å². The number of aliphatic imine (C=N–C) groups is 2. The second kappa shape index (κ2) is 9.14. The highest BCUT2D eigenvalue weighted by atomic mass is 16.5. The average Bonchev–Trinajstić information content (AvgIpc) is 3.50.